The number of alkyl halides is 1. The van der Waals surface area contributed by atoms with Gasteiger partial charge in [-0.1, -0.05) is 40.0 Å². The normalized spacial score (nSPS) is 18.6. The summed E-state index contributed by atoms with van der Waals surface area (Å²) >= 11 is 9.33. The van der Waals surface area contributed by atoms with Crippen molar-refractivity contribution in [3.05, 3.63) is 34.6 Å². The first-order valence-corrected chi connectivity index (χ1v) is 6.65. The third-order valence-corrected chi connectivity index (χ3v) is 4.74. The van der Waals surface area contributed by atoms with E-state index in [4.69, 9.17) is 11.6 Å². The molecule has 1 aromatic carbocycles. The molecule has 0 aliphatic heterocycles. The Labute approximate surface area is 103 Å². The maximum Gasteiger partial charge on any atom is 0.141 e. The first-order chi connectivity index (χ1) is 7.15. The van der Waals surface area contributed by atoms with Crippen molar-refractivity contribution >= 4 is 27.5 Å². The zero-order chi connectivity index (χ0) is 10.9. The van der Waals surface area contributed by atoms with Crippen molar-refractivity contribution in [1.29, 1.82) is 0 Å². The fraction of sp³-hybridized carbons (Fsp3) is 0.500. The smallest absolute Gasteiger partial charge is 0.141 e. The summed E-state index contributed by atoms with van der Waals surface area (Å²) in [6, 6.07) is 5.04. The maximum absolute atomic E-state index is 13.0. The summed E-state index contributed by atoms with van der Waals surface area (Å²) in [5.74, 6) is -0.332. The summed E-state index contributed by atoms with van der Waals surface area (Å²) < 4.78 is 13.0. The van der Waals surface area contributed by atoms with Crippen molar-refractivity contribution in [2.24, 2.45) is 5.41 Å². The van der Waals surface area contributed by atoms with Crippen molar-refractivity contribution < 1.29 is 4.39 Å². The molecule has 3 heteroatoms. The lowest BCUT2D eigenvalue weighted by Gasteiger charge is -2.40. The van der Waals surface area contributed by atoms with Crippen LogP contribution >= 0.6 is 27.5 Å². The van der Waals surface area contributed by atoms with Crippen LogP contribution in [0.15, 0.2) is 18.2 Å². The zero-order valence-corrected chi connectivity index (χ0v) is 10.7. The van der Waals surface area contributed by atoms with Gasteiger partial charge in [-0.2, -0.15) is 0 Å². The molecule has 0 spiro atoms. The Hall–Kier alpha value is -0.0800. The van der Waals surface area contributed by atoms with Crippen LogP contribution in [-0.4, -0.2) is 5.33 Å². The molecule has 82 valence electrons. The molecule has 15 heavy (non-hydrogen) atoms. The monoisotopic (exact) mass is 290 g/mol. The summed E-state index contributed by atoms with van der Waals surface area (Å²) in [5, 5.41) is 1.26. The Balaban J connectivity index is 2.13. The average Bonchev–Trinajstić information content (AvgIpc) is 2.17. The van der Waals surface area contributed by atoms with Crippen LogP contribution in [0.2, 0.25) is 5.02 Å². The molecule has 1 aliphatic rings. The lowest BCUT2D eigenvalue weighted by molar-refractivity contribution is 0.170. The molecule has 0 unspecified atom stereocenters. The quantitative estimate of drug-likeness (QED) is 0.715. The van der Waals surface area contributed by atoms with Gasteiger partial charge in [0.2, 0.25) is 0 Å². The van der Waals surface area contributed by atoms with Gasteiger partial charge in [0.25, 0.3) is 0 Å². The van der Waals surface area contributed by atoms with Crippen molar-refractivity contribution in [2.75, 3.05) is 5.33 Å². The summed E-state index contributed by atoms with van der Waals surface area (Å²) in [6.07, 6.45) is 4.82. The maximum atomic E-state index is 13.0. The highest BCUT2D eigenvalue weighted by Gasteiger charge is 2.35. The number of halogens is 3. The van der Waals surface area contributed by atoms with Gasteiger partial charge in [0.15, 0.2) is 0 Å². The molecule has 0 bridgehead atoms. The third-order valence-electron chi connectivity index (χ3n) is 3.26. The molecule has 0 N–H and O–H groups in total. The van der Waals surface area contributed by atoms with Crippen molar-refractivity contribution in [1.82, 2.24) is 0 Å². The van der Waals surface area contributed by atoms with E-state index >= 15 is 0 Å². The molecule has 0 heterocycles. The number of rotatable bonds is 3. The molecule has 0 amide bonds. The molecule has 0 aromatic heterocycles. The van der Waals surface area contributed by atoms with Crippen LogP contribution in [-0.2, 0) is 6.42 Å². The molecule has 1 aromatic rings. The topological polar surface area (TPSA) is 0 Å². The van der Waals surface area contributed by atoms with E-state index < -0.39 is 0 Å². The fourth-order valence-electron chi connectivity index (χ4n) is 2.12. The Morgan fingerprint density at radius 1 is 1.40 bits per heavy atom. The van der Waals surface area contributed by atoms with Gasteiger partial charge in [-0.3, -0.25) is 0 Å². The highest BCUT2D eigenvalue weighted by atomic mass is 79.9. The van der Waals surface area contributed by atoms with Gasteiger partial charge in [0, 0.05) is 5.33 Å². The Kier molecular flexibility index (Phi) is 3.36. The lowest BCUT2D eigenvalue weighted by Crippen LogP contribution is -2.33. The predicted molar refractivity (Wildman–Crippen MR) is 65.2 cm³/mol. The molecule has 1 aliphatic carbocycles. The predicted octanol–water partition coefficient (Wildman–Crippen LogP) is 4.59. The molecule has 0 saturated heterocycles. The third kappa shape index (κ3) is 2.36. The van der Waals surface area contributed by atoms with Gasteiger partial charge in [0.05, 0.1) is 5.02 Å². The van der Waals surface area contributed by atoms with E-state index in [1.807, 2.05) is 6.07 Å². The number of hydrogen-bond donors (Lipinski definition) is 0. The summed E-state index contributed by atoms with van der Waals surface area (Å²) in [6.45, 7) is 0. The Morgan fingerprint density at radius 2 is 2.13 bits per heavy atom. The fourth-order valence-corrected chi connectivity index (χ4v) is 3.08. The van der Waals surface area contributed by atoms with E-state index in [1.54, 1.807) is 6.07 Å². The minimum atomic E-state index is -0.332. The van der Waals surface area contributed by atoms with Gasteiger partial charge in [-0.05, 0) is 42.4 Å². The standard InChI is InChI=1S/C12H13BrClF/c13-8-12(4-1-5-12)7-9-2-3-11(15)10(14)6-9/h2-3,6H,1,4-5,7-8H2. The molecule has 0 nitrogen and oxygen atoms in total. The van der Waals surface area contributed by atoms with Crippen molar-refractivity contribution in [3.63, 3.8) is 0 Å². The molecule has 0 radical (unpaired) electrons. The second-order valence-corrected chi connectivity index (χ2v) is 5.38. The Morgan fingerprint density at radius 3 is 2.60 bits per heavy atom. The van der Waals surface area contributed by atoms with E-state index in [1.165, 1.54) is 25.3 Å². The summed E-state index contributed by atoms with van der Waals surface area (Å²) in [5.41, 5.74) is 1.53. The Bertz CT molecular complexity index is 355. The number of hydrogen-bond acceptors (Lipinski definition) is 0. The molecule has 1 fully saturated rings. The van der Waals surface area contributed by atoms with E-state index in [0.717, 1.165) is 17.3 Å². The molecule has 2 rings (SSSR count). The van der Waals surface area contributed by atoms with E-state index in [2.05, 4.69) is 15.9 Å². The van der Waals surface area contributed by atoms with Gasteiger partial charge in [0.1, 0.15) is 5.82 Å². The average molecular weight is 292 g/mol. The minimum Gasteiger partial charge on any atom is -0.205 e. The summed E-state index contributed by atoms with van der Waals surface area (Å²) in [7, 11) is 0. The van der Waals surface area contributed by atoms with E-state index in [0.29, 0.717) is 5.41 Å². The second kappa shape index (κ2) is 4.42. The highest BCUT2D eigenvalue weighted by molar-refractivity contribution is 9.09. The SMILES string of the molecule is Fc1ccc(CC2(CBr)CCC2)cc1Cl. The van der Waals surface area contributed by atoms with Gasteiger partial charge < -0.3 is 0 Å². The van der Waals surface area contributed by atoms with Crippen molar-refractivity contribution in [2.45, 2.75) is 25.7 Å². The molecule has 0 atom stereocenters. The van der Waals surface area contributed by atoms with Crippen LogP contribution in [0.4, 0.5) is 4.39 Å². The van der Waals surface area contributed by atoms with Crippen molar-refractivity contribution in [3.8, 4) is 0 Å². The van der Waals surface area contributed by atoms with Crippen LogP contribution in [0.3, 0.4) is 0 Å². The zero-order valence-electron chi connectivity index (χ0n) is 8.40. The van der Waals surface area contributed by atoms with Gasteiger partial charge >= 0.3 is 0 Å². The molecular weight excluding hydrogens is 278 g/mol. The molecule has 1 saturated carbocycles. The summed E-state index contributed by atoms with van der Waals surface area (Å²) in [4.78, 5) is 0. The van der Waals surface area contributed by atoms with Crippen LogP contribution in [0.25, 0.3) is 0 Å². The highest BCUT2D eigenvalue weighted by Crippen LogP contribution is 2.45. The first-order valence-electron chi connectivity index (χ1n) is 5.15. The number of benzene rings is 1. The van der Waals surface area contributed by atoms with Crippen LogP contribution in [0.5, 0.6) is 0 Å². The largest absolute Gasteiger partial charge is 0.205 e. The molecular formula is C12H13BrClF. The lowest BCUT2D eigenvalue weighted by atomic mass is 9.67. The first kappa shape index (κ1) is 11.4. The second-order valence-electron chi connectivity index (χ2n) is 4.41. The van der Waals surface area contributed by atoms with Gasteiger partial charge in [-0.25, -0.2) is 4.39 Å². The van der Waals surface area contributed by atoms with Crippen LogP contribution in [0, 0.1) is 11.2 Å². The van der Waals surface area contributed by atoms with E-state index in [-0.39, 0.29) is 10.8 Å². The van der Waals surface area contributed by atoms with E-state index in [9.17, 15) is 4.39 Å². The minimum absolute atomic E-state index is 0.233. The van der Waals surface area contributed by atoms with Crippen LogP contribution in [0.1, 0.15) is 24.8 Å². The van der Waals surface area contributed by atoms with Gasteiger partial charge in [-0.15, -0.1) is 0 Å². The van der Waals surface area contributed by atoms with Crippen LogP contribution < -0.4 is 0 Å².